The summed E-state index contributed by atoms with van der Waals surface area (Å²) in [4.78, 5) is 13.8. The molecule has 3 N–H and O–H groups in total. The molecule has 0 aromatic heterocycles. The van der Waals surface area contributed by atoms with Gasteiger partial charge in [0.15, 0.2) is 0 Å². The summed E-state index contributed by atoms with van der Waals surface area (Å²) in [5.41, 5.74) is 5.51. The van der Waals surface area contributed by atoms with E-state index in [1.807, 2.05) is 0 Å². The number of nitrogens with zero attached hydrogens (tertiary/aromatic N) is 1. The van der Waals surface area contributed by atoms with Crippen molar-refractivity contribution in [3.63, 3.8) is 0 Å². The van der Waals surface area contributed by atoms with Gasteiger partial charge in [0.1, 0.15) is 0 Å². The van der Waals surface area contributed by atoms with Crippen LogP contribution in [0.1, 0.15) is 45.4 Å². The molecule has 1 amide bonds. The molecule has 0 aromatic rings. The van der Waals surface area contributed by atoms with Gasteiger partial charge in [-0.2, -0.15) is 0 Å². The first kappa shape index (κ1) is 13.5. The van der Waals surface area contributed by atoms with Crippen molar-refractivity contribution in [2.75, 3.05) is 13.6 Å². The highest BCUT2D eigenvalue weighted by Gasteiger charge is 2.37. The highest BCUT2D eigenvalue weighted by atomic mass is 16.3. The second-order valence-corrected chi connectivity index (χ2v) is 5.08. The van der Waals surface area contributed by atoms with Crippen molar-refractivity contribution in [3.05, 3.63) is 0 Å². The smallest absolute Gasteiger partial charge is 0.242 e. The molecule has 0 radical (unpaired) electrons. The van der Waals surface area contributed by atoms with Crippen molar-refractivity contribution in [2.24, 2.45) is 5.73 Å². The van der Waals surface area contributed by atoms with Crippen LogP contribution in [0.3, 0.4) is 0 Å². The fraction of sp³-hybridized carbons (Fsp3) is 0.917. The number of amides is 1. The van der Waals surface area contributed by atoms with Crippen molar-refractivity contribution < 1.29 is 9.90 Å². The van der Waals surface area contributed by atoms with Crippen LogP contribution in [0, 0.1) is 0 Å². The summed E-state index contributed by atoms with van der Waals surface area (Å²) in [7, 11) is 1.77. The van der Waals surface area contributed by atoms with E-state index in [4.69, 9.17) is 5.73 Å². The van der Waals surface area contributed by atoms with Crippen molar-refractivity contribution in [1.82, 2.24) is 4.90 Å². The van der Waals surface area contributed by atoms with Crippen molar-refractivity contribution >= 4 is 5.91 Å². The standard InChI is InChI=1S/C12H24N2O2/c1-10(15)6-9-14(2)11(16)12(13)7-4-3-5-8-12/h10,15H,3-9,13H2,1-2H3. The molecule has 0 saturated heterocycles. The van der Waals surface area contributed by atoms with Crippen molar-refractivity contribution in [3.8, 4) is 0 Å². The number of carbonyl (C=O) groups is 1. The predicted molar refractivity (Wildman–Crippen MR) is 63.9 cm³/mol. The maximum atomic E-state index is 12.2. The Balaban J connectivity index is 2.48. The Morgan fingerprint density at radius 3 is 2.50 bits per heavy atom. The van der Waals surface area contributed by atoms with Crippen molar-refractivity contribution in [1.29, 1.82) is 0 Å². The van der Waals surface area contributed by atoms with E-state index in [0.29, 0.717) is 13.0 Å². The summed E-state index contributed by atoms with van der Waals surface area (Å²) < 4.78 is 0. The number of nitrogens with two attached hydrogens (primary N) is 1. The molecular formula is C12H24N2O2. The minimum atomic E-state index is -0.647. The second-order valence-electron chi connectivity index (χ2n) is 5.08. The van der Waals surface area contributed by atoms with E-state index in [2.05, 4.69) is 0 Å². The molecule has 0 heterocycles. The summed E-state index contributed by atoms with van der Waals surface area (Å²) in [5, 5.41) is 9.19. The van der Waals surface area contributed by atoms with Crippen LogP contribution >= 0.6 is 0 Å². The Morgan fingerprint density at radius 1 is 1.44 bits per heavy atom. The van der Waals surface area contributed by atoms with Crippen LogP contribution in [0.25, 0.3) is 0 Å². The van der Waals surface area contributed by atoms with Crippen LogP contribution in [0.15, 0.2) is 0 Å². The number of hydrogen-bond donors (Lipinski definition) is 2. The highest BCUT2D eigenvalue weighted by molar-refractivity contribution is 5.86. The van der Waals surface area contributed by atoms with Gasteiger partial charge in [-0.25, -0.2) is 0 Å². The average molecular weight is 228 g/mol. The van der Waals surface area contributed by atoms with E-state index in [0.717, 1.165) is 25.7 Å². The molecular weight excluding hydrogens is 204 g/mol. The van der Waals surface area contributed by atoms with E-state index >= 15 is 0 Å². The van der Waals surface area contributed by atoms with Gasteiger partial charge in [-0.1, -0.05) is 19.3 Å². The molecule has 94 valence electrons. The van der Waals surface area contributed by atoms with E-state index < -0.39 is 5.54 Å². The van der Waals surface area contributed by atoms with Gasteiger partial charge in [0.2, 0.25) is 5.91 Å². The second kappa shape index (κ2) is 5.64. The minimum absolute atomic E-state index is 0.0350. The molecule has 16 heavy (non-hydrogen) atoms. The summed E-state index contributed by atoms with van der Waals surface area (Å²) in [6.45, 7) is 2.31. The Hall–Kier alpha value is -0.610. The lowest BCUT2D eigenvalue weighted by molar-refractivity contribution is -0.137. The lowest BCUT2D eigenvalue weighted by atomic mass is 9.81. The van der Waals surface area contributed by atoms with Gasteiger partial charge in [0, 0.05) is 13.6 Å². The number of carbonyl (C=O) groups excluding carboxylic acids is 1. The number of likely N-dealkylation sites (N-methyl/N-ethyl adjacent to an activating group) is 1. The molecule has 1 atom stereocenters. The molecule has 0 aromatic carbocycles. The van der Waals surface area contributed by atoms with E-state index in [9.17, 15) is 9.90 Å². The lowest BCUT2D eigenvalue weighted by Gasteiger charge is -2.35. The number of aliphatic hydroxyl groups is 1. The fourth-order valence-electron chi connectivity index (χ4n) is 2.26. The maximum Gasteiger partial charge on any atom is 0.242 e. The Morgan fingerprint density at radius 2 is 2.00 bits per heavy atom. The topological polar surface area (TPSA) is 66.6 Å². The summed E-state index contributed by atoms with van der Waals surface area (Å²) >= 11 is 0. The van der Waals surface area contributed by atoms with Gasteiger partial charge in [-0.15, -0.1) is 0 Å². The Bertz CT molecular complexity index is 235. The predicted octanol–water partition coefficient (Wildman–Crippen LogP) is 0.877. The van der Waals surface area contributed by atoms with Gasteiger partial charge in [-0.3, -0.25) is 4.79 Å². The van der Waals surface area contributed by atoms with Crippen LogP contribution in [0.2, 0.25) is 0 Å². The van der Waals surface area contributed by atoms with Gasteiger partial charge in [0.05, 0.1) is 11.6 Å². The monoisotopic (exact) mass is 228 g/mol. The molecule has 4 nitrogen and oxygen atoms in total. The van der Waals surface area contributed by atoms with Gasteiger partial charge >= 0.3 is 0 Å². The summed E-state index contributed by atoms with van der Waals surface area (Å²) in [6, 6.07) is 0. The Labute approximate surface area is 97.8 Å². The first-order valence-electron chi connectivity index (χ1n) is 6.18. The first-order chi connectivity index (χ1) is 7.46. The Kier molecular flexibility index (Phi) is 4.74. The molecule has 0 bridgehead atoms. The SMILES string of the molecule is CC(O)CCN(C)C(=O)C1(N)CCCCC1. The summed E-state index contributed by atoms with van der Waals surface area (Å²) in [5.74, 6) is 0.0350. The molecule has 0 aliphatic heterocycles. The fourth-order valence-corrected chi connectivity index (χ4v) is 2.26. The van der Waals surface area contributed by atoms with Crippen molar-refractivity contribution in [2.45, 2.75) is 57.1 Å². The lowest BCUT2D eigenvalue weighted by Crippen LogP contribution is -2.55. The zero-order chi connectivity index (χ0) is 12.2. The molecule has 1 unspecified atom stereocenters. The van der Waals surface area contributed by atoms with Gasteiger partial charge < -0.3 is 15.7 Å². The molecule has 1 aliphatic rings. The highest BCUT2D eigenvalue weighted by Crippen LogP contribution is 2.27. The van der Waals surface area contributed by atoms with E-state index in [-0.39, 0.29) is 12.0 Å². The third-order valence-corrected chi connectivity index (χ3v) is 3.40. The minimum Gasteiger partial charge on any atom is -0.393 e. The maximum absolute atomic E-state index is 12.2. The van der Waals surface area contributed by atoms with Crippen LogP contribution < -0.4 is 5.73 Å². The molecule has 1 rings (SSSR count). The summed E-state index contributed by atoms with van der Waals surface area (Å²) in [6.07, 6.45) is 5.12. The molecule has 1 fully saturated rings. The number of hydrogen-bond acceptors (Lipinski definition) is 3. The zero-order valence-electron chi connectivity index (χ0n) is 10.4. The first-order valence-corrected chi connectivity index (χ1v) is 6.18. The van der Waals surface area contributed by atoms with Crippen LogP contribution in [0.4, 0.5) is 0 Å². The van der Waals surface area contributed by atoms with Gasteiger partial charge in [-0.05, 0) is 26.2 Å². The third kappa shape index (κ3) is 3.46. The van der Waals surface area contributed by atoms with E-state index in [1.165, 1.54) is 6.42 Å². The molecule has 1 aliphatic carbocycles. The number of rotatable bonds is 4. The zero-order valence-corrected chi connectivity index (χ0v) is 10.4. The van der Waals surface area contributed by atoms with Crippen LogP contribution in [0.5, 0.6) is 0 Å². The molecule has 0 spiro atoms. The molecule has 4 heteroatoms. The quantitative estimate of drug-likeness (QED) is 0.750. The average Bonchev–Trinajstić information content (AvgIpc) is 2.25. The van der Waals surface area contributed by atoms with E-state index in [1.54, 1.807) is 18.9 Å². The normalized spacial score (nSPS) is 21.5. The van der Waals surface area contributed by atoms with Gasteiger partial charge in [0.25, 0.3) is 0 Å². The van der Waals surface area contributed by atoms with Crippen LogP contribution in [-0.4, -0.2) is 41.1 Å². The molecule has 1 saturated carbocycles. The third-order valence-electron chi connectivity index (χ3n) is 3.40. The van der Waals surface area contributed by atoms with Crippen LogP contribution in [-0.2, 0) is 4.79 Å². The largest absolute Gasteiger partial charge is 0.393 e. The number of aliphatic hydroxyl groups excluding tert-OH is 1.